The molecule has 0 heterocycles. The molecule has 0 saturated carbocycles. The maximum atomic E-state index is 11.4. The minimum absolute atomic E-state index is 0.229. The summed E-state index contributed by atoms with van der Waals surface area (Å²) in [6.45, 7) is 2.44. The van der Waals surface area contributed by atoms with Crippen LogP contribution in [0.3, 0.4) is 0 Å². The van der Waals surface area contributed by atoms with Gasteiger partial charge in [-0.1, -0.05) is 19.1 Å². The van der Waals surface area contributed by atoms with Crippen molar-refractivity contribution in [3.05, 3.63) is 33.4 Å². The molecule has 0 saturated heterocycles. The molecule has 1 rings (SSSR count). The van der Waals surface area contributed by atoms with E-state index >= 15 is 0 Å². The zero-order valence-corrected chi connectivity index (χ0v) is 11.4. The molecule has 88 valence electrons. The van der Waals surface area contributed by atoms with Crippen LogP contribution in [0.1, 0.15) is 31.4 Å². The highest BCUT2D eigenvalue weighted by atomic mass is 127. The SMILES string of the molecule is CCCOC(=O)CC(N)c1cccc(I)c1. The van der Waals surface area contributed by atoms with Gasteiger partial charge in [-0.3, -0.25) is 4.79 Å². The Bertz CT molecular complexity index is 355. The number of carbonyl (C=O) groups is 1. The summed E-state index contributed by atoms with van der Waals surface area (Å²) in [6.07, 6.45) is 1.07. The van der Waals surface area contributed by atoms with Gasteiger partial charge >= 0.3 is 5.97 Å². The molecule has 1 aromatic carbocycles. The van der Waals surface area contributed by atoms with Gasteiger partial charge < -0.3 is 10.5 Å². The maximum absolute atomic E-state index is 11.4. The number of halogens is 1. The molecule has 1 aromatic rings. The summed E-state index contributed by atoms with van der Waals surface area (Å²) in [5.74, 6) is -0.229. The van der Waals surface area contributed by atoms with Crippen molar-refractivity contribution in [3.8, 4) is 0 Å². The van der Waals surface area contributed by atoms with E-state index in [2.05, 4.69) is 22.6 Å². The molecule has 16 heavy (non-hydrogen) atoms. The van der Waals surface area contributed by atoms with E-state index in [9.17, 15) is 4.79 Å². The molecule has 0 fully saturated rings. The predicted molar refractivity (Wildman–Crippen MR) is 72.0 cm³/mol. The fraction of sp³-hybridized carbons (Fsp3) is 0.417. The van der Waals surface area contributed by atoms with Crippen molar-refractivity contribution in [1.82, 2.24) is 0 Å². The van der Waals surface area contributed by atoms with E-state index in [4.69, 9.17) is 10.5 Å². The molecule has 0 aliphatic rings. The summed E-state index contributed by atoms with van der Waals surface area (Å²) >= 11 is 2.22. The molecule has 0 aromatic heterocycles. The standard InChI is InChI=1S/C12H16INO2/c1-2-6-16-12(15)8-11(14)9-4-3-5-10(13)7-9/h3-5,7,11H,2,6,8,14H2,1H3. The summed E-state index contributed by atoms with van der Waals surface area (Å²) in [4.78, 5) is 11.4. The van der Waals surface area contributed by atoms with E-state index in [1.165, 1.54) is 0 Å². The highest BCUT2D eigenvalue weighted by molar-refractivity contribution is 14.1. The van der Waals surface area contributed by atoms with Crippen LogP contribution in [0.5, 0.6) is 0 Å². The average Bonchev–Trinajstić information content (AvgIpc) is 2.26. The third kappa shape index (κ3) is 4.49. The highest BCUT2D eigenvalue weighted by Crippen LogP contribution is 2.17. The minimum Gasteiger partial charge on any atom is -0.466 e. The topological polar surface area (TPSA) is 52.3 Å². The number of nitrogens with two attached hydrogens (primary N) is 1. The van der Waals surface area contributed by atoms with Gasteiger partial charge in [0.1, 0.15) is 0 Å². The van der Waals surface area contributed by atoms with E-state index in [1.54, 1.807) is 0 Å². The van der Waals surface area contributed by atoms with Gasteiger partial charge in [0.15, 0.2) is 0 Å². The van der Waals surface area contributed by atoms with Crippen molar-refractivity contribution in [2.45, 2.75) is 25.8 Å². The van der Waals surface area contributed by atoms with Crippen LogP contribution in [0.2, 0.25) is 0 Å². The van der Waals surface area contributed by atoms with Crippen LogP contribution in [-0.2, 0) is 9.53 Å². The summed E-state index contributed by atoms with van der Waals surface area (Å²) in [5, 5.41) is 0. The first-order valence-electron chi connectivity index (χ1n) is 5.30. The Labute approximate surface area is 109 Å². The van der Waals surface area contributed by atoms with Crippen molar-refractivity contribution in [1.29, 1.82) is 0 Å². The highest BCUT2D eigenvalue weighted by Gasteiger charge is 2.12. The molecule has 1 atom stereocenters. The van der Waals surface area contributed by atoms with Crippen LogP contribution >= 0.6 is 22.6 Å². The second kappa shape index (κ2) is 6.85. The third-order valence-electron chi connectivity index (χ3n) is 2.13. The number of hydrogen-bond acceptors (Lipinski definition) is 3. The van der Waals surface area contributed by atoms with E-state index < -0.39 is 0 Å². The molecule has 0 radical (unpaired) electrons. The predicted octanol–water partition coefficient (Wildman–Crippen LogP) is 2.63. The average molecular weight is 333 g/mol. The molecule has 0 aliphatic heterocycles. The summed E-state index contributed by atoms with van der Waals surface area (Å²) in [5.41, 5.74) is 6.90. The smallest absolute Gasteiger partial charge is 0.307 e. The summed E-state index contributed by atoms with van der Waals surface area (Å²) in [7, 11) is 0. The zero-order valence-electron chi connectivity index (χ0n) is 9.28. The Hall–Kier alpha value is -0.620. The first-order chi connectivity index (χ1) is 7.63. The second-order valence-electron chi connectivity index (χ2n) is 3.59. The Morgan fingerprint density at radius 1 is 1.56 bits per heavy atom. The first-order valence-corrected chi connectivity index (χ1v) is 6.38. The number of esters is 1. The van der Waals surface area contributed by atoms with Crippen LogP contribution in [0.4, 0.5) is 0 Å². The molecule has 0 bridgehead atoms. The fourth-order valence-electron chi connectivity index (χ4n) is 1.31. The van der Waals surface area contributed by atoms with E-state index in [1.807, 2.05) is 31.2 Å². The van der Waals surface area contributed by atoms with Gasteiger partial charge in [0.05, 0.1) is 13.0 Å². The lowest BCUT2D eigenvalue weighted by Crippen LogP contribution is -2.17. The van der Waals surface area contributed by atoms with Crippen molar-refractivity contribution < 1.29 is 9.53 Å². The largest absolute Gasteiger partial charge is 0.466 e. The molecular weight excluding hydrogens is 317 g/mol. The Morgan fingerprint density at radius 2 is 2.31 bits per heavy atom. The second-order valence-corrected chi connectivity index (χ2v) is 4.83. The lowest BCUT2D eigenvalue weighted by Gasteiger charge is -2.11. The van der Waals surface area contributed by atoms with Crippen LogP contribution < -0.4 is 5.73 Å². The van der Waals surface area contributed by atoms with Crippen LogP contribution in [0, 0.1) is 3.57 Å². The molecule has 0 amide bonds. The molecule has 1 unspecified atom stereocenters. The van der Waals surface area contributed by atoms with Gasteiger partial charge in [-0.05, 0) is 46.7 Å². The van der Waals surface area contributed by atoms with Gasteiger partial charge in [-0.2, -0.15) is 0 Å². The zero-order chi connectivity index (χ0) is 12.0. The van der Waals surface area contributed by atoms with Crippen LogP contribution in [-0.4, -0.2) is 12.6 Å². The Morgan fingerprint density at radius 3 is 2.94 bits per heavy atom. The normalized spacial score (nSPS) is 12.2. The lowest BCUT2D eigenvalue weighted by atomic mass is 10.1. The van der Waals surface area contributed by atoms with E-state index in [0.717, 1.165) is 15.6 Å². The fourth-order valence-corrected chi connectivity index (χ4v) is 1.88. The molecule has 4 heteroatoms. The number of ether oxygens (including phenoxy) is 1. The number of rotatable bonds is 5. The van der Waals surface area contributed by atoms with Gasteiger partial charge in [0.2, 0.25) is 0 Å². The van der Waals surface area contributed by atoms with Crippen molar-refractivity contribution in [2.75, 3.05) is 6.61 Å². The number of carbonyl (C=O) groups excluding carboxylic acids is 1. The van der Waals surface area contributed by atoms with Crippen LogP contribution in [0.25, 0.3) is 0 Å². The molecule has 0 aliphatic carbocycles. The van der Waals surface area contributed by atoms with Gasteiger partial charge in [-0.15, -0.1) is 0 Å². The lowest BCUT2D eigenvalue weighted by molar-refractivity contribution is -0.144. The Kier molecular flexibility index (Phi) is 5.76. The van der Waals surface area contributed by atoms with Crippen molar-refractivity contribution in [2.24, 2.45) is 5.73 Å². The molecular formula is C12H16INO2. The summed E-state index contributed by atoms with van der Waals surface area (Å²) in [6, 6.07) is 7.57. The summed E-state index contributed by atoms with van der Waals surface area (Å²) < 4.78 is 6.11. The van der Waals surface area contributed by atoms with Crippen molar-refractivity contribution in [3.63, 3.8) is 0 Å². The monoisotopic (exact) mass is 333 g/mol. The van der Waals surface area contributed by atoms with Gasteiger partial charge in [0.25, 0.3) is 0 Å². The van der Waals surface area contributed by atoms with E-state index in [0.29, 0.717) is 6.61 Å². The van der Waals surface area contributed by atoms with E-state index in [-0.39, 0.29) is 18.4 Å². The molecule has 2 N–H and O–H groups in total. The first kappa shape index (κ1) is 13.4. The number of hydrogen-bond donors (Lipinski definition) is 1. The van der Waals surface area contributed by atoms with Gasteiger partial charge in [-0.25, -0.2) is 0 Å². The van der Waals surface area contributed by atoms with Crippen molar-refractivity contribution >= 4 is 28.6 Å². The Balaban J connectivity index is 2.52. The number of benzene rings is 1. The maximum Gasteiger partial charge on any atom is 0.307 e. The molecule has 0 spiro atoms. The van der Waals surface area contributed by atoms with Gasteiger partial charge in [0, 0.05) is 9.61 Å². The van der Waals surface area contributed by atoms with Crippen LogP contribution in [0.15, 0.2) is 24.3 Å². The third-order valence-corrected chi connectivity index (χ3v) is 2.80. The quantitative estimate of drug-likeness (QED) is 0.666. The minimum atomic E-state index is -0.279. The molecule has 3 nitrogen and oxygen atoms in total.